The molecular formula is C17H13FN4O3. The van der Waals surface area contributed by atoms with Gasteiger partial charge in [-0.25, -0.2) is 14.1 Å². The van der Waals surface area contributed by atoms with Gasteiger partial charge in [-0.1, -0.05) is 24.3 Å². The minimum absolute atomic E-state index is 0.0371. The fourth-order valence-electron chi connectivity index (χ4n) is 2.50. The summed E-state index contributed by atoms with van der Waals surface area (Å²) in [7, 11) is 0. The maximum atomic E-state index is 14.0. The SMILES string of the molecule is O=C(c1ccccc1F)C(Cc1ccc([N+](=O)[O-])cc1)n1cncn1. The summed E-state index contributed by atoms with van der Waals surface area (Å²) < 4.78 is 15.3. The van der Waals surface area contributed by atoms with Crippen molar-refractivity contribution in [3.8, 4) is 0 Å². The van der Waals surface area contributed by atoms with Crippen LogP contribution in [0.2, 0.25) is 0 Å². The first-order chi connectivity index (χ1) is 12.1. The summed E-state index contributed by atoms with van der Waals surface area (Å²) in [6.45, 7) is 0. The normalized spacial score (nSPS) is 11.9. The molecule has 126 valence electrons. The highest BCUT2D eigenvalue weighted by Gasteiger charge is 2.25. The predicted octanol–water partition coefficient (Wildman–Crippen LogP) is 2.99. The van der Waals surface area contributed by atoms with Crippen molar-refractivity contribution in [1.82, 2.24) is 14.8 Å². The highest BCUT2D eigenvalue weighted by molar-refractivity contribution is 5.99. The molecule has 0 aliphatic carbocycles. The second-order valence-corrected chi connectivity index (χ2v) is 5.36. The summed E-state index contributed by atoms with van der Waals surface area (Å²) in [5, 5.41) is 14.7. The number of rotatable bonds is 6. The van der Waals surface area contributed by atoms with Crippen molar-refractivity contribution in [3.05, 3.63) is 88.2 Å². The molecule has 1 unspecified atom stereocenters. The number of hydrogen-bond donors (Lipinski definition) is 0. The molecule has 3 rings (SSSR count). The van der Waals surface area contributed by atoms with Crippen LogP contribution in [0.15, 0.2) is 61.2 Å². The van der Waals surface area contributed by atoms with E-state index in [0.29, 0.717) is 5.56 Å². The van der Waals surface area contributed by atoms with Gasteiger partial charge in [0, 0.05) is 18.6 Å². The van der Waals surface area contributed by atoms with E-state index in [9.17, 15) is 19.3 Å². The topological polar surface area (TPSA) is 90.9 Å². The van der Waals surface area contributed by atoms with E-state index in [2.05, 4.69) is 10.1 Å². The quantitative estimate of drug-likeness (QED) is 0.391. The lowest BCUT2D eigenvalue weighted by Crippen LogP contribution is -2.23. The zero-order valence-corrected chi connectivity index (χ0v) is 12.9. The number of aromatic nitrogens is 3. The van der Waals surface area contributed by atoms with Crippen LogP contribution in [0, 0.1) is 15.9 Å². The Kier molecular flexibility index (Phi) is 4.60. The van der Waals surface area contributed by atoms with Crippen LogP contribution in [-0.2, 0) is 6.42 Å². The Hall–Kier alpha value is -3.42. The molecule has 1 aromatic heterocycles. The standard InChI is InChI=1S/C17H13FN4O3/c18-15-4-2-1-3-14(15)17(23)16(21-11-19-10-20-21)9-12-5-7-13(8-6-12)22(24)25/h1-8,10-11,16H,9H2. The lowest BCUT2D eigenvalue weighted by Gasteiger charge is -2.16. The molecule has 0 bridgehead atoms. The fraction of sp³-hybridized carbons (Fsp3) is 0.118. The van der Waals surface area contributed by atoms with Gasteiger partial charge in [0.25, 0.3) is 5.69 Å². The van der Waals surface area contributed by atoms with Crippen LogP contribution >= 0.6 is 0 Å². The van der Waals surface area contributed by atoms with Gasteiger partial charge in [-0.05, 0) is 17.7 Å². The number of nitro benzene ring substituents is 1. The molecule has 7 nitrogen and oxygen atoms in total. The zero-order chi connectivity index (χ0) is 17.8. The molecule has 0 spiro atoms. The molecule has 1 atom stereocenters. The zero-order valence-electron chi connectivity index (χ0n) is 12.9. The van der Waals surface area contributed by atoms with E-state index < -0.39 is 22.6 Å². The molecule has 8 heteroatoms. The first kappa shape index (κ1) is 16.4. The summed E-state index contributed by atoms with van der Waals surface area (Å²) >= 11 is 0. The number of benzene rings is 2. The molecule has 0 saturated heterocycles. The third kappa shape index (κ3) is 3.57. The number of carbonyl (C=O) groups excluding carboxylic acids is 1. The van der Waals surface area contributed by atoms with Gasteiger partial charge < -0.3 is 0 Å². The molecule has 0 radical (unpaired) electrons. The molecule has 0 amide bonds. The van der Waals surface area contributed by atoms with Crippen LogP contribution < -0.4 is 0 Å². The lowest BCUT2D eigenvalue weighted by molar-refractivity contribution is -0.384. The second kappa shape index (κ2) is 7.00. The summed E-state index contributed by atoms with van der Waals surface area (Å²) in [5.74, 6) is -1.05. The van der Waals surface area contributed by atoms with Crippen molar-refractivity contribution in [2.24, 2.45) is 0 Å². The molecule has 0 fully saturated rings. The number of halogens is 1. The van der Waals surface area contributed by atoms with Crippen molar-refractivity contribution in [3.63, 3.8) is 0 Å². The molecule has 2 aromatic carbocycles. The number of ketones is 1. The highest BCUT2D eigenvalue weighted by atomic mass is 19.1. The average molecular weight is 340 g/mol. The molecule has 3 aromatic rings. The molecular weight excluding hydrogens is 327 g/mol. The monoisotopic (exact) mass is 340 g/mol. The third-order valence-corrected chi connectivity index (χ3v) is 3.77. The van der Waals surface area contributed by atoms with E-state index in [1.54, 1.807) is 18.2 Å². The largest absolute Gasteiger partial charge is 0.292 e. The van der Waals surface area contributed by atoms with Crippen LogP contribution in [0.4, 0.5) is 10.1 Å². The average Bonchev–Trinajstić information content (AvgIpc) is 3.14. The van der Waals surface area contributed by atoms with Gasteiger partial charge in [0.15, 0.2) is 5.78 Å². The minimum atomic E-state index is -0.805. The molecule has 0 aliphatic heterocycles. The minimum Gasteiger partial charge on any atom is -0.292 e. The van der Waals surface area contributed by atoms with Crippen LogP contribution in [0.3, 0.4) is 0 Å². The van der Waals surface area contributed by atoms with Crippen molar-refractivity contribution in [1.29, 1.82) is 0 Å². The van der Waals surface area contributed by atoms with E-state index >= 15 is 0 Å². The Bertz CT molecular complexity index is 895. The first-order valence-corrected chi connectivity index (χ1v) is 7.42. The number of hydrogen-bond acceptors (Lipinski definition) is 5. The number of nitrogens with zero attached hydrogens (tertiary/aromatic N) is 4. The van der Waals surface area contributed by atoms with Crippen LogP contribution in [0.25, 0.3) is 0 Å². The van der Waals surface area contributed by atoms with Crippen molar-refractivity contribution >= 4 is 11.5 Å². The summed E-state index contributed by atoms with van der Waals surface area (Å²) in [4.78, 5) is 26.9. The van der Waals surface area contributed by atoms with E-state index in [1.165, 1.54) is 47.7 Å². The van der Waals surface area contributed by atoms with Gasteiger partial charge >= 0.3 is 0 Å². The van der Waals surface area contributed by atoms with Crippen molar-refractivity contribution in [2.45, 2.75) is 12.5 Å². The molecule has 0 saturated carbocycles. The summed E-state index contributed by atoms with van der Waals surface area (Å²) in [6, 6.07) is 10.8. The molecule has 0 aliphatic rings. The Morgan fingerprint density at radius 1 is 1.20 bits per heavy atom. The van der Waals surface area contributed by atoms with Gasteiger partial charge in [-0.2, -0.15) is 5.10 Å². The maximum Gasteiger partial charge on any atom is 0.269 e. The van der Waals surface area contributed by atoms with Crippen molar-refractivity contribution in [2.75, 3.05) is 0 Å². The molecule has 25 heavy (non-hydrogen) atoms. The fourth-order valence-corrected chi connectivity index (χ4v) is 2.50. The Morgan fingerprint density at radius 2 is 1.92 bits per heavy atom. The molecule has 0 N–H and O–H groups in total. The second-order valence-electron chi connectivity index (χ2n) is 5.36. The van der Waals surface area contributed by atoms with Crippen LogP contribution in [0.1, 0.15) is 22.0 Å². The highest BCUT2D eigenvalue weighted by Crippen LogP contribution is 2.22. The number of nitro groups is 1. The maximum absolute atomic E-state index is 14.0. The summed E-state index contributed by atoms with van der Waals surface area (Å²) in [6.07, 6.45) is 2.88. The van der Waals surface area contributed by atoms with E-state index in [0.717, 1.165) is 0 Å². The van der Waals surface area contributed by atoms with E-state index in [-0.39, 0.29) is 17.7 Å². The van der Waals surface area contributed by atoms with Gasteiger partial charge in [-0.15, -0.1) is 0 Å². The van der Waals surface area contributed by atoms with Gasteiger partial charge in [0.2, 0.25) is 0 Å². The van der Waals surface area contributed by atoms with Gasteiger partial charge in [0.1, 0.15) is 24.5 Å². The Balaban J connectivity index is 1.92. The van der Waals surface area contributed by atoms with Crippen LogP contribution in [0.5, 0.6) is 0 Å². The van der Waals surface area contributed by atoms with Gasteiger partial charge in [0.05, 0.1) is 10.5 Å². The predicted molar refractivity (Wildman–Crippen MR) is 86.6 cm³/mol. The number of carbonyl (C=O) groups is 1. The first-order valence-electron chi connectivity index (χ1n) is 7.42. The third-order valence-electron chi connectivity index (χ3n) is 3.77. The number of non-ortho nitro benzene ring substituents is 1. The van der Waals surface area contributed by atoms with Crippen molar-refractivity contribution < 1.29 is 14.1 Å². The van der Waals surface area contributed by atoms with Crippen LogP contribution in [-0.4, -0.2) is 25.5 Å². The summed E-state index contributed by atoms with van der Waals surface area (Å²) in [5.41, 5.74) is 0.613. The smallest absolute Gasteiger partial charge is 0.269 e. The molecule has 1 heterocycles. The number of Topliss-reactive ketones (excluding diaryl/α,β-unsaturated/α-hetero) is 1. The lowest BCUT2D eigenvalue weighted by atomic mass is 9.97. The van der Waals surface area contributed by atoms with E-state index in [4.69, 9.17) is 0 Å². The Morgan fingerprint density at radius 3 is 2.52 bits per heavy atom. The van der Waals surface area contributed by atoms with Gasteiger partial charge in [-0.3, -0.25) is 14.9 Å². The van der Waals surface area contributed by atoms with E-state index in [1.807, 2.05) is 0 Å². The Labute approximate surface area is 141 Å².